The second kappa shape index (κ2) is 3.59. The van der Waals surface area contributed by atoms with Gasteiger partial charge in [0, 0.05) is 18.8 Å². The Balaban J connectivity index is 1.92. The zero-order valence-corrected chi connectivity index (χ0v) is 9.66. The monoisotopic (exact) mass is 216 g/mol. The van der Waals surface area contributed by atoms with E-state index >= 15 is 0 Å². The Bertz CT molecular complexity index is 453. The van der Waals surface area contributed by atoms with Crippen molar-refractivity contribution in [3.63, 3.8) is 0 Å². The SMILES string of the molecule is COc1cc(C2=CC3NCC3C2)cnc1C. The van der Waals surface area contributed by atoms with Crippen LogP contribution >= 0.6 is 0 Å². The molecule has 1 fully saturated rings. The summed E-state index contributed by atoms with van der Waals surface area (Å²) in [4.78, 5) is 4.38. The molecule has 1 aliphatic heterocycles. The summed E-state index contributed by atoms with van der Waals surface area (Å²) < 4.78 is 5.31. The van der Waals surface area contributed by atoms with Crippen molar-refractivity contribution >= 4 is 5.57 Å². The lowest BCUT2D eigenvalue weighted by Gasteiger charge is -2.31. The molecule has 2 unspecified atom stereocenters. The molecule has 1 aromatic rings. The van der Waals surface area contributed by atoms with Crippen molar-refractivity contribution in [2.75, 3.05) is 13.7 Å². The molecule has 0 amide bonds. The first kappa shape index (κ1) is 9.85. The molecule has 0 bridgehead atoms. The van der Waals surface area contributed by atoms with E-state index in [1.165, 1.54) is 17.6 Å². The highest BCUT2D eigenvalue weighted by molar-refractivity contribution is 5.70. The van der Waals surface area contributed by atoms with Gasteiger partial charge in [-0.05, 0) is 36.5 Å². The minimum atomic E-state index is 0.599. The van der Waals surface area contributed by atoms with Crippen LogP contribution in [0.4, 0.5) is 0 Å². The molecule has 0 saturated carbocycles. The number of nitrogens with zero attached hydrogens (tertiary/aromatic N) is 1. The maximum absolute atomic E-state index is 5.31. The quantitative estimate of drug-likeness (QED) is 0.818. The Morgan fingerprint density at radius 1 is 1.50 bits per heavy atom. The van der Waals surface area contributed by atoms with Crippen molar-refractivity contribution in [2.24, 2.45) is 5.92 Å². The highest BCUT2D eigenvalue weighted by Gasteiger charge is 2.34. The summed E-state index contributed by atoms with van der Waals surface area (Å²) in [5.41, 5.74) is 3.57. The number of hydrogen-bond donors (Lipinski definition) is 1. The van der Waals surface area contributed by atoms with Crippen LogP contribution < -0.4 is 10.1 Å². The van der Waals surface area contributed by atoms with Gasteiger partial charge in [-0.3, -0.25) is 4.98 Å². The van der Waals surface area contributed by atoms with Crippen LogP contribution in [0.5, 0.6) is 5.75 Å². The largest absolute Gasteiger partial charge is 0.495 e. The van der Waals surface area contributed by atoms with Crippen molar-refractivity contribution in [3.8, 4) is 5.75 Å². The average molecular weight is 216 g/mol. The number of aromatic nitrogens is 1. The third-order valence-electron chi connectivity index (χ3n) is 3.62. The predicted molar refractivity (Wildman–Crippen MR) is 63.4 cm³/mol. The van der Waals surface area contributed by atoms with Gasteiger partial charge >= 0.3 is 0 Å². The topological polar surface area (TPSA) is 34.1 Å². The van der Waals surface area contributed by atoms with Gasteiger partial charge in [-0.15, -0.1) is 0 Å². The van der Waals surface area contributed by atoms with Gasteiger partial charge in [0.15, 0.2) is 0 Å². The van der Waals surface area contributed by atoms with Gasteiger partial charge in [0.2, 0.25) is 0 Å². The van der Waals surface area contributed by atoms with Gasteiger partial charge in [-0.2, -0.15) is 0 Å². The Morgan fingerprint density at radius 2 is 2.38 bits per heavy atom. The van der Waals surface area contributed by atoms with E-state index in [0.29, 0.717) is 6.04 Å². The van der Waals surface area contributed by atoms with E-state index < -0.39 is 0 Å². The van der Waals surface area contributed by atoms with E-state index in [4.69, 9.17) is 4.74 Å². The number of fused-ring (bicyclic) bond motifs is 1. The van der Waals surface area contributed by atoms with Crippen molar-refractivity contribution in [3.05, 3.63) is 29.6 Å². The number of rotatable bonds is 2. The van der Waals surface area contributed by atoms with Crippen molar-refractivity contribution in [1.82, 2.24) is 10.3 Å². The van der Waals surface area contributed by atoms with Gasteiger partial charge in [-0.25, -0.2) is 0 Å². The van der Waals surface area contributed by atoms with E-state index in [2.05, 4.69) is 22.4 Å². The van der Waals surface area contributed by atoms with Gasteiger partial charge in [0.05, 0.1) is 12.8 Å². The summed E-state index contributed by atoms with van der Waals surface area (Å²) in [6.07, 6.45) is 5.46. The molecule has 1 saturated heterocycles. The molecular weight excluding hydrogens is 200 g/mol. The number of hydrogen-bond acceptors (Lipinski definition) is 3. The standard InChI is InChI=1S/C13H16N2O/c1-8-13(16-2)5-10(6-14-8)9-3-11-7-15-12(11)4-9/h4-6,11-12,15H,3,7H2,1-2H3. The Hall–Kier alpha value is -1.35. The van der Waals surface area contributed by atoms with Crippen LogP contribution in [0.25, 0.3) is 5.57 Å². The molecule has 0 aromatic carbocycles. The molecule has 1 aliphatic carbocycles. The molecule has 0 radical (unpaired) electrons. The first-order valence-electron chi connectivity index (χ1n) is 5.73. The van der Waals surface area contributed by atoms with E-state index in [1.54, 1.807) is 7.11 Å². The van der Waals surface area contributed by atoms with Gasteiger partial charge in [0.1, 0.15) is 5.75 Å². The van der Waals surface area contributed by atoms with Crippen LogP contribution in [0.1, 0.15) is 17.7 Å². The maximum atomic E-state index is 5.31. The molecule has 2 aliphatic rings. The van der Waals surface area contributed by atoms with Crippen LogP contribution in [0, 0.1) is 12.8 Å². The summed E-state index contributed by atoms with van der Waals surface area (Å²) in [6.45, 7) is 3.12. The molecule has 1 N–H and O–H groups in total. The Kier molecular flexibility index (Phi) is 2.21. The fourth-order valence-corrected chi connectivity index (χ4v) is 2.49. The Labute approximate surface area is 95.5 Å². The molecule has 2 atom stereocenters. The van der Waals surface area contributed by atoms with Crippen LogP contribution in [-0.2, 0) is 0 Å². The molecule has 16 heavy (non-hydrogen) atoms. The fraction of sp³-hybridized carbons (Fsp3) is 0.462. The lowest BCUT2D eigenvalue weighted by atomic mass is 9.94. The smallest absolute Gasteiger partial charge is 0.140 e. The molecule has 0 spiro atoms. The molecule has 2 heterocycles. The summed E-state index contributed by atoms with van der Waals surface area (Å²) >= 11 is 0. The number of methoxy groups -OCH3 is 1. The maximum Gasteiger partial charge on any atom is 0.140 e. The fourth-order valence-electron chi connectivity index (χ4n) is 2.49. The summed E-state index contributed by atoms with van der Waals surface area (Å²) in [5.74, 6) is 1.69. The first-order valence-corrected chi connectivity index (χ1v) is 5.73. The number of nitrogens with one attached hydrogen (secondary N) is 1. The zero-order valence-electron chi connectivity index (χ0n) is 9.66. The van der Waals surface area contributed by atoms with Gasteiger partial charge < -0.3 is 10.1 Å². The number of ether oxygens (including phenoxy) is 1. The second-order valence-electron chi connectivity index (χ2n) is 4.60. The van der Waals surface area contributed by atoms with E-state index in [1.807, 2.05) is 13.1 Å². The third kappa shape index (κ3) is 1.43. The third-order valence-corrected chi connectivity index (χ3v) is 3.62. The van der Waals surface area contributed by atoms with Crippen LogP contribution in [0.3, 0.4) is 0 Å². The molecular formula is C13H16N2O. The second-order valence-corrected chi connectivity index (χ2v) is 4.60. The van der Waals surface area contributed by atoms with Crippen LogP contribution in [0.15, 0.2) is 18.3 Å². The lowest BCUT2D eigenvalue weighted by molar-refractivity contribution is 0.301. The van der Waals surface area contributed by atoms with Crippen molar-refractivity contribution in [2.45, 2.75) is 19.4 Å². The zero-order chi connectivity index (χ0) is 11.1. The summed E-state index contributed by atoms with van der Waals surface area (Å²) in [7, 11) is 1.70. The number of allylic oxidation sites excluding steroid dienone is 1. The van der Waals surface area contributed by atoms with Crippen molar-refractivity contribution < 1.29 is 4.74 Å². The first-order chi connectivity index (χ1) is 7.78. The number of aryl methyl sites for hydroxylation is 1. The van der Waals surface area contributed by atoms with Crippen molar-refractivity contribution in [1.29, 1.82) is 0 Å². The predicted octanol–water partition coefficient (Wildman–Crippen LogP) is 1.77. The molecule has 3 rings (SSSR count). The summed E-state index contributed by atoms with van der Waals surface area (Å²) in [6, 6.07) is 2.70. The highest BCUT2D eigenvalue weighted by atomic mass is 16.5. The molecule has 3 heteroatoms. The van der Waals surface area contributed by atoms with E-state index in [-0.39, 0.29) is 0 Å². The van der Waals surface area contributed by atoms with Crippen LogP contribution in [0.2, 0.25) is 0 Å². The lowest BCUT2D eigenvalue weighted by Crippen LogP contribution is -2.49. The van der Waals surface area contributed by atoms with E-state index in [9.17, 15) is 0 Å². The highest BCUT2D eigenvalue weighted by Crippen LogP contribution is 2.37. The molecule has 1 aromatic heterocycles. The minimum absolute atomic E-state index is 0.599. The Morgan fingerprint density at radius 3 is 2.94 bits per heavy atom. The number of pyridine rings is 1. The van der Waals surface area contributed by atoms with Crippen LogP contribution in [-0.4, -0.2) is 24.7 Å². The van der Waals surface area contributed by atoms with Gasteiger partial charge in [-0.1, -0.05) is 6.08 Å². The average Bonchev–Trinajstić information content (AvgIpc) is 2.56. The minimum Gasteiger partial charge on any atom is -0.495 e. The van der Waals surface area contributed by atoms with Gasteiger partial charge in [0.25, 0.3) is 0 Å². The summed E-state index contributed by atoms with van der Waals surface area (Å²) in [5, 5.41) is 3.42. The normalized spacial score (nSPS) is 27.0. The van der Waals surface area contributed by atoms with E-state index in [0.717, 1.165) is 23.9 Å². The molecule has 3 nitrogen and oxygen atoms in total. The molecule has 84 valence electrons.